The first-order valence-corrected chi connectivity index (χ1v) is 8.62. The Morgan fingerprint density at radius 1 is 1.11 bits per heavy atom. The van der Waals surface area contributed by atoms with E-state index in [9.17, 15) is 19.3 Å². The van der Waals surface area contributed by atoms with E-state index in [1.165, 1.54) is 18.5 Å². The molecule has 0 radical (unpaired) electrons. The third kappa shape index (κ3) is 4.66. The lowest BCUT2D eigenvalue weighted by Gasteiger charge is -2.23. The Morgan fingerprint density at radius 3 is 2.44 bits per heavy atom. The molecule has 0 bridgehead atoms. The zero-order valence-electron chi connectivity index (χ0n) is 14.4. The molecule has 1 saturated carbocycles. The van der Waals surface area contributed by atoms with Crippen molar-refractivity contribution in [3.05, 3.63) is 52.1 Å². The van der Waals surface area contributed by atoms with Gasteiger partial charge in [-0.2, -0.15) is 0 Å². The molecule has 1 fully saturated rings. The SMILES string of the molecule is O=C(NNc1ncnc(NC2CCCCC2)c1[N+](=O)[O-])c1ccc(F)cc1. The maximum absolute atomic E-state index is 12.9. The first-order chi connectivity index (χ1) is 13.0. The van der Waals surface area contributed by atoms with Gasteiger partial charge in [-0.25, -0.2) is 14.4 Å². The van der Waals surface area contributed by atoms with Crippen molar-refractivity contribution in [1.29, 1.82) is 0 Å². The summed E-state index contributed by atoms with van der Waals surface area (Å²) in [4.78, 5) is 30.9. The maximum Gasteiger partial charge on any atom is 0.354 e. The van der Waals surface area contributed by atoms with Gasteiger partial charge in [0.05, 0.1) is 4.92 Å². The summed E-state index contributed by atoms with van der Waals surface area (Å²) in [5.74, 6) is -1.07. The molecular weight excluding hydrogens is 355 g/mol. The third-order valence-electron chi connectivity index (χ3n) is 4.35. The molecule has 2 aromatic rings. The summed E-state index contributed by atoms with van der Waals surface area (Å²) in [6, 6.07) is 5.02. The lowest BCUT2D eigenvalue weighted by atomic mass is 9.95. The average Bonchev–Trinajstić information content (AvgIpc) is 2.67. The van der Waals surface area contributed by atoms with Crippen molar-refractivity contribution in [3.63, 3.8) is 0 Å². The quantitative estimate of drug-likeness (QED) is 0.525. The number of hydrogen-bond donors (Lipinski definition) is 3. The predicted molar refractivity (Wildman–Crippen MR) is 96.7 cm³/mol. The van der Waals surface area contributed by atoms with E-state index >= 15 is 0 Å². The fourth-order valence-corrected chi connectivity index (χ4v) is 2.98. The van der Waals surface area contributed by atoms with Gasteiger partial charge in [-0.05, 0) is 37.1 Å². The molecule has 1 aromatic carbocycles. The van der Waals surface area contributed by atoms with Crippen molar-refractivity contribution in [2.24, 2.45) is 0 Å². The van der Waals surface area contributed by atoms with Gasteiger partial charge in [0.2, 0.25) is 11.6 Å². The minimum atomic E-state index is -0.600. The van der Waals surface area contributed by atoms with E-state index in [-0.39, 0.29) is 28.9 Å². The van der Waals surface area contributed by atoms with E-state index in [1.54, 1.807) is 0 Å². The predicted octanol–water partition coefficient (Wildman–Crippen LogP) is 3.03. The lowest BCUT2D eigenvalue weighted by Crippen LogP contribution is -2.30. The molecule has 142 valence electrons. The van der Waals surface area contributed by atoms with Gasteiger partial charge < -0.3 is 5.32 Å². The maximum atomic E-state index is 12.9. The van der Waals surface area contributed by atoms with Gasteiger partial charge in [0.15, 0.2) is 0 Å². The van der Waals surface area contributed by atoms with Crippen LogP contribution in [0.25, 0.3) is 0 Å². The number of carbonyl (C=O) groups is 1. The second-order valence-electron chi connectivity index (χ2n) is 6.24. The van der Waals surface area contributed by atoms with E-state index in [4.69, 9.17) is 0 Å². The average molecular weight is 374 g/mol. The number of halogens is 1. The highest BCUT2D eigenvalue weighted by atomic mass is 19.1. The monoisotopic (exact) mass is 374 g/mol. The summed E-state index contributed by atoms with van der Waals surface area (Å²) >= 11 is 0. The van der Waals surface area contributed by atoms with E-state index < -0.39 is 16.6 Å². The molecule has 0 aliphatic heterocycles. The highest BCUT2D eigenvalue weighted by Gasteiger charge is 2.26. The summed E-state index contributed by atoms with van der Waals surface area (Å²) in [5.41, 5.74) is 4.64. The topological polar surface area (TPSA) is 122 Å². The zero-order chi connectivity index (χ0) is 19.2. The van der Waals surface area contributed by atoms with E-state index in [0.717, 1.165) is 44.2 Å². The smallest absolute Gasteiger partial charge is 0.354 e. The van der Waals surface area contributed by atoms with Crippen LogP contribution in [0.4, 0.5) is 21.7 Å². The van der Waals surface area contributed by atoms with Crippen molar-refractivity contribution in [3.8, 4) is 0 Å². The molecule has 27 heavy (non-hydrogen) atoms. The van der Waals surface area contributed by atoms with Crippen molar-refractivity contribution >= 4 is 23.2 Å². The Labute approximate surface area is 154 Å². The Balaban J connectivity index is 1.74. The van der Waals surface area contributed by atoms with Crippen LogP contribution in [0.3, 0.4) is 0 Å². The minimum Gasteiger partial charge on any atom is -0.361 e. The Hall–Kier alpha value is -3.30. The number of anilines is 2. The van der Waals surface area contributed by atoms with Gasteiger partial charge in [0, 0.05) is 11.6 Å². The second kappa shape index (κ2) is 8.39. The van der Waals surface area contributed by atoms with Crippen LogP contribution in [-0.4, -0.2) is 26.8 Å². The Morgan fingerprint density at radius 2 is 1.78 bits per heavy atom. The summed E-state index contributed by atoms with van der Waals surface area (Å²) in [7, 11) is 0. The normalized spacial score (nSPS) is 14.4. The number of hydrogen-bond acceptors (Lipinski definition) is 7. The van der Waals surface area contributed by atoms with Crippen molar-refractivity contribution < 1.29 is 14.1 Å². The molecular formula is C17H19FN6O3. The number of nitrogens with one attached hydrogen (secondary N) is 3. The number of aromatic nitrogens is 2. The van der Waals surface area contributed by atoms with E-state index in [2.05, 4.69) is 26.1 Å². The highest BCUT2D eigenvalue weighted by molar-refractivity contribution is 5.95. The van der Waals surface area contributed by atoms with Gasteiger partial charge in [-0.15, -0.1) is 0 Å². The van der Waals surface area contributed by atoms with Gasteiger partial charge in [-0.1, -0.05) is 19.3 Å². The molecule has 0 unspecified atom stereocenters. The number of hydrazine groups is 1. The number of benzene rings is 1. The van der Waals surface area contributed by atoms with Crippen LogP contribution < -0.4 is 16.2 Å². The van der Waals surface area contributed by atoms with Crippen LogP contribution in [0.2, 0.25) is 0 Å². The molecule has 1 aliphatic rings. The van der Waals surface area contributed by atoms with Crippen LogP contribution in [0, 0.1) is 15.9 Å². The zero-order valence-corrected chi connectivity index (χ0v) is 14.4. The van der Waals surface area contributed by atoms with Gasteiger partial charge >= 0.3 is 5.69 Å². The minimum absolute atomic E-state index is 0.112. The third-order valence-corrected chi connectivity index (χ3v) is 4.35. The molecule has 1 aromatic heterocycles. The Kier molecular flexibility index (Phi) is 5.74. The van der Waals surface area contributed by atoms with Crippen molar-refractivity contribution in [2.75, 3.05) is 10.7 Å². The summed E-state index contributed by atoms with van der Waals surface area (Å²) in [5, 5.41) is 14.6. The second-order valence-corrected chi connectivity index (χ2v) is 6.24. The standard InChI is InChI=1S/C17H19FN6O3/c18-12-8-6-11(7-9-12)17(25)23-22-16-14(24(26)27)15(19-10-20-16)21-13-4-2-1-3-5-13/h6-10,13H,1-5H2,(H,23,25)(H2,19,20,21,22). The molecule has 1 aliphatic carbocycles. The first kappa shape index (κ1) is 18.5. The number of rotatable bonds is 6. The molecule has 10 heteroatoms. The number of nitro groups is 1. The number of carbonyl (C=O) groups excluding carboxylic acids is 1. The number of amides is 1. The largest absolute Gasteiger partial charge is 0.361 e. The first-order valence-electron chi connectivity index (χ1n) is 8.62. The molecule has 3 rings (SSSR count). The van der Waals surface area contributed by atoms with E-state index in [1.807, 2.05) is 0 Å². The molecule has 1 heterocycles. The molecule has 0 saturated heterocycles. The van der Waals surface area contributed by atoms with Crippen LogP contribution in [0.15, 0.2) is 30.6 Å². The van der Waals surface area contributed by atoms with Crippen LogP contribution in [-0.2, 0) is 0 Å². The van der Waals surface area contributed by atoms with Crippen LogP contribution in [0.5, 0.6) is 0 Å². The number of nitrogens with zero attached hydrogens (tertiary/aromatic N) is 3. The molecule has 3 N–H and O–H groups in total. The molecule has 9 nitrogen and oxygen atoms in total. The van der Waals surface area contributed by atoms with Gasteiger partial charge in [0.1, 0.15) is 12.1 Å². The van der Waals surface area contributed by atoms with Gasteiger partial charge in [0.25, 0.3) is 5.91 Å². The van der Waals surface area contributed by atoms with E-state index in [0.29, 0.717) is 0 Å². The molecule has 1 amide bonds. The summed E-state index contributed by atoms with van der Waals surface area (Å²) < 4.78 is 12.9. The fourth-order valence-electron chi connectivity index (χ4n) is 2.98. The molecule has 0 spiro atoms. The fraction of sp³-hybridized carbons (Fsp3) is 0.353. The summed E-state index contributed by atoms with van der Waals surface area (Å²) in [6.45, 7) is 0. The van der Waals surface area contributed by atoms with Gasteiger partial charge in [-0.3, -0.25) is 25.8 Å². The molecule has 0 atom stereocenters. The lowest BCUT2D eigenvalue weighted by molar-refractivity contribution is -0.383. The van der Waals surface area contributed by atoms with Crippen molar-refractivity contribution in [2.45, 2.75) is 38.1 Å². The highest BCUT2D eigenvalue weighted by Crippen LogP contribution is 2.31. The van der Waals surface area contributed by atoms with Crippen molar-refractivity contribution in [1.82, 2.24) is 15.4 Å². The Bertz CT molecular complexity index is 824. The van der Waals surface area contributed by atoms with Crippen LogP contribution >= 0.6 is 0 Å². The summed E-state index contributed by atoms with van der Waals surface area (Å²) in [6.07, 6.45) is 6.32. The van der Waals surface area contributed by atoms with Crippen LogP contribution in [0.1, 0.15) is 42.5 Å².